The minimum atomic E-state index is 1.04. The van der Waals surface area contributed by atoms with Crippen molar-refractivity contribution >= 4 is 0 Å². The molecule has 0 amide bonds. The lowest BCUT2D eigenvalue weighted by Gasteiger charge is -2.18. The summed E-state index contributed by atoms with van der Waals surface area (Å²) < 4.78 is 5.57. The normalized spacial score (nSPS) is 15.5. The van der Waals surface area contributed by atoms with Crippen LogP contribution >= 0.6 is 0 Å². The zero-order chi connectivity index (χ0) is 9.80. The van der Waals surface area contributed by atoms with E-state index < -0.39 is 0 Å². The van der Waals surface area contributed by atoms with Crippen molar-refractivity contribution in [2.24, 2.45) is 0 Å². The van der Waals surface area contributed by atoms with Crippen LogP contribution in [0.1, 0.15) is 30.9 Å². The van der Waals surface area contributed by atoms with Crippen molar-refractivity contribution in [2.45, 2.75) is 32.6 Å². The highest BCUT2D eigenvalue weighted by Gasteiger charge is 2.12. The highest BCUT2D eigenvalue weighted by atomic mass is 16.5. The summed E-state index contributed by atoms with van der Waals surface area (Å²) in [6.45, 7) is 1.97. The van der Waals surface area contributed by atoms with Crippen LogP contribution in [0.3, 0.4) is 0 Å². The fraction of sp³-hybridized carbons (Fsp3) is 0.385. The van der Waals surface area contributed by atoms with Crippen molar-refractivity contribution < 1.29 is 4.74 Å². The minimum Gasteiger partial charge on any atom is -0.465 e. The molecule has 0 spiro atoms. The van der Waals surface area contributed by atoms with Crippen LogP contribution in [0.25, 0.3) is 0 Å². The molecule has 0 atom stereocenters. The van der Waals surface area contributed by atoms with Gasteiger partial charge in [-0.3, -0.25) is 0 Å². The minimum absolute atomic E-state index is 1.04. The molecule has 0 aliphatic heterocycles. The van der Waals surface area contributed by atoms with Gasteiger partial charge < -0.3 is 4.74 Å². The Balaban J connectivity index is 2.30. The third-order valence-electron chi connectivity index (χ3n) is 2.68. The number of fused-ring (bicyclic) bond motifs is 1. The Hall–Kier alpha value is -1.24. The Morgan fingerprint density at radius 3 is 2.93 bits per heavy atom. The molecule has 1 aromatic rings. The van der Waals surface area contributed by atoms with Crippen molar-refractivity contribution in [1.82, 2.24) is 0 Å². The van der Waals surface area contributed by atoms with Crippen molar-refractivity contribution in [2.75, 3.05) is 0 Å². The van der Waals surface area contributed by atoms with Gasteiger partial charge in [-0.25, -0.2) is 0 Å². The molecule has 0 N–H and O–H groups in total. The first-order valence-electron chi connectivity index (χ1n) is 5.30. The van der Waals surface area contributed by atoms with Crippen LogP contribution in [0, 0.1) is 0 Å². The maximum Gasteiger partial charge on any atom is 0.129 e. The third kappa shape index (κ3) is 1.82. The summed E-state index contributed by atoms with van der Waals surface area (Å²) in [5.74, 6) is 1.04. The zero-order valence-corrected chi connectivity index (χ0v) is 8.62. The predicted molar refractivity (Wildman–Crippen MR) is 58.5 cm³/mol. The number of benzene rings is 1. The molecule has 0 heterocycles. The van der Waals surface area contributed by atoms with Crippen LogP contribution in [0.2, 0.25) is 0 Å². The topological polar surface area (TPSA) is 9.23 Å². The van der Waals surface area contributed by atoms with E-state index in [1.54, 1.807) is 6.26 Å². The van der Waals surface area contributed by atoms with Gasteiger partial charge in [0.2, 0.25) is 0 Å². The quantitative estimate of drug-likeness (QED) is 0.646. The third-order valence-corrected chi connectivity index (χ3v) is 2.68. The van der Waals surface area contributed by atoms with Gasteiger partial charge >= 0.3 is 0 Å². The maximum absolute atomic E-state index is 5.57. The zero-order valence-electron chi connectivity index (χ0n) is 8.62. The molecule has 0 unspecified atom stereocenters. The Morgan fingerprint density at radius 1 is 1.21 bits per heavy atom. The summed E-state index contributed by atoms with van der Waals surface area (Å²) >= 11 is 0. The van der Waals surface area contributed by atoms with Crippen LogP contribution in [0.15, 0.2) is 30.5 Å². The Labute approximate surface area is 85.4 Å². The van der Waals surface area contributed by atoms with Crippen LogP contribution in [0.5, 0.6) is 5.75 Å². The van der Waals surface area contributed by atoms with Gasteiger partial charge in [0.15, 0.2) is 0 Å². The van der Waals surface area contributed by atoms with E-state index in [4.69, 9.17) is 4.74 Å². The smallest absolute Gasteiger partial charge is 0.129 e. The van der Waals surface area contributed by atoms with Crippen LogP contribution in [-0.2, 0) is 12.8 Å². The lowest BCUT2D eigenvalue weighted by atomic mass is 9.91. The van der Waals surface area contributed by atoms with Gasteiger partial charge in [0.25, 0.3) is 0 Å². The van der Waals surface area contributed by atoms with E-state index in [0.29, 0.717) is 0 Å². The molecule has 1 heteroatoms. The molecule has 1 aliphatic carbocycles. The summed E-state index contributed by atoms with van der Waals surface area (Å²) in [6, 6.07) is 6.37. The number of allylic oxidation sites excluding steroid dienone is 1. The molecule has 1 nitrogen and oxygen atoms in total. The summed E-state index contributed by atoms with van der Waals surface area (Å²) in [5.41, 5.74) is 2.88. The molecule has 2 rings (SSSR count). The second-order valence-electron chi connectivity index (χ2n) is 3.69. The Kier molecular flexibility index (Phi) is 2.87. The highest BCUT2D eigenvalue weighted by molar-refractivity contribution is 5.42. The first kappa shape index (κ1) is 9.32. The molecule has 0 fully saturated rings. The molecule has 1 aromatic carbocycles. The van der Waals surface area contributed by atoms with Gasteiger partial charge in [0.05, 0.1) is 6.26 Å². The molecule has 0 radical (unpaired) electrons. The van der Waals surface area contributed by atoms with Crippen LogP contribution < -0.4 is 4.74 Å². The summed E-state index contributed by atoms with van der Waals surface area (Å²) in [4.78, 5) is 0. The lowest BCUT2D eigenvalue weighted by molar-refractivity contribution is 0.468. The van der Waals surface area contributed by atoms with Crippen molar-refractivity contribution in [3.05, 3.63) is 41.7 Å². The molecule has 1 aliphatic rings. The maximum atomic E-state index is 5.57. The van der Waals surface area contributed by atoms with Crippen LogP contribution in [-0.4, -0.2) is 0 Å². The van der Waals surface area contributed by atoms with E-state index in [1.807, 2.05) is 13.0 Å². The van der Waals surface area contributed by atoms with Gasteiger partial charge in [-0.2, -0.15) is 0 Å². The molecule has 14 heavy (non-hydrogen) atoms. The molecular formula is C13H16O. The average molecular weight is 188 g/mol. The van der Waals surface area contributed by atoms with Gasteiger partial charge in [0.1, 0.15) is 5.75 Å². The monoisotopic (exact) mass is 188 g/mol. The Bertz CT molecular complexity index is 339. The molecular weight excluding hydrogens is 172 g/mol. The predicted octanol–water partition coefficient (Wildman–Crippen LogP) is 3.48. The van der Waals surface area contributed by atoms with Crippen molar-refractivity contribution in [3.8, 4) is 5.75 Å². The van der Waals surface area contributed by atoms with Crippen molar-refractivity contribution in [1.29, 1.82) is 0 Å². The summed E-state index contributed by atoms with van der Waals surface area (Å²) in [7, 11) is 0. The molecule has 74 valence electrons. The van der Waals surface area contributed by atoms with E-state index >= 15 is 0 Å². The Morgan fingerprint density at radius 2 is 2.07 bits per heavy atom. The number of aryl methyl sites for hydroxylation is 1. The summed E-state index contributed by atoms with van der Waals surface area (Å²) in [5, 5.41) is 0. The second kappa shape index (κ2) is 4.32. The fourth-order valence-corrected chi connectivity index (χ4v) is 2.00. The lowest BCUT2D eigenvalue weighted by Crippen LogP contribution is -2.04. The first-order valence-corrected chi connectivity index (χ1v) is 5.30. The SMILES string of the molecule is C/C=C\Oc1cccc2c1CCCC2. The van der Waals surface area contributed by atoms with Gasteiger partial charge in [-0.1, -0.05) is 18.2 Å². The highest BCUT2D eigenvalue weighted by Crippen LogP contribution is 2.29. The largest absolute Gasteiger partial charge is 0.465 e. The van der Waals surface area contributed by atoms with Gasteiger partial charge in [0, 0.05) is 0 Å². The average Bonchev–Trinajstić information content (AvgIpc) is 2.26. The number of hydrogen-bond donors (Lipinski definition) is 0. The van der Waals surface area contributed by atoms with Gasteiger partial charge in [-0.15, -0.1) is 0 Å². The second-order valence-corrected chi connectivity index (χ2v) is 3.69. The standard InChI is InChI=1S/C13H16O/c1-2-10-14-13-9-5-7-11-6-3-4-8-12(11)13/h2,5,7,9-10H,3-4,6,8H2,1H3/b10-2-. The van der Waals surface area contributed by atoms with Crippen molar-refractivity contribution in [3.63, 3.8) is 0 Å². The molecule has 0 saturated carbocycles. The molecule has 0 aromatic heterocycles. The number of rotatable bonds is 2. The van der Waals surface area contributed by atoms with E-state index in [9.17, 15) is 0 Å². The molecule has 0 bridgehead atoms. The molecule has 0 saturated heterocycles. The first-order chi connectivity index (χ1) is 6.92. The fourth-order valence-electron chi connectivity index (χ4n) is 2.00. The van der Waals surface area contributed by atoms with E-state index in [0.717, 1.165) is 5.75 Å². The number of ether oxygens (including phenoxy) is 1. The number of hydrogen-bond acceptors (Lipinski definition) is 1. The summed E-state index contributed by atoms with van der Waals surface area (Å²) in [6.07, 6.45) is 8.67. The van der Waals surface area contributed by atoms with Gasteiger partial charge in [-0.05, 0) is 49.8 Å². The van der Waals surface area contributed by atoms with E-state index in [1.165, 1.54) is 36.8 Å². The van der Waals surface area contributed by atoms with Crippen LogP contribution in [0.4, 0.5) is 0 Å². The van der Waals surface area contributed by atoms with E-state index in [-0.39, 0.29) is 0 Å². The van der Waals surface area contributed by atoms with E-state index in [2.05, 4.69) is 18.2 Å².